The fraction of sp³-hybridized carbons (Fsp3) is 0.300. The zero-order valence-electron chi connectivity index (χ0n) is 8.32. The van der Waals surface area contributed by atoms with Crippen molar-refractivity contribution < 1.29 is 19.7 Å². The molecule has 0 fully saturated rings. The molecule has 1 unspecified atom stereocenters. The van der Waals surface area contributed by atoms with Crippen molar-refractivity contribution in [3.05, 3.63) is 27.7 Å². The number of aliphatic hydroxyl groups excluding tert-OH is 1. The van der Waals surface area contributed by atoms with Gasteiger partial charge in [-0.25, -0.2) is 4.79 Å². The third-order valence-electron chi connectivity index (χ3n) is 2.07. The van der Waals surface area contributed by atoms with E-state index < -0.39 is 12.1 Å². The molecule has 0 aliphatic heterocycles. The van der Waals surface area contributed by atoms with Gasteiger partial charge in [-0.3, -0.25) is 0 Å². The largest absolute Gasteiger partial charge is 0.496 e. The van der Waals surface area contributed by atoms with E-state index in [2.05, 4.69) is 15.9 Å². The van der Waals surface area contributed by atoms with Crippen LogP contribution in [0.4, 0.5) is 0 Å². The molecule has 15 heavy (non-hydrogen) atoms. The summed E-state index contributed by atoms with van der Waals surface area (Å²) in [5.41, 5.74) is 1.03. The average Bonchev–Trinajstić information content (AvgIpc) is 2.17. The zero-order chi connectivity index (χ0) is 11.6. The number of halogens is 1. The Hall–Kier alpha value is -1.07. The molecule has 0 amide bonds. The number of carboxylic acids is 1. The van der Waals surface area contributed by atoms with Crippen LogP contribution in [0.3, 0.4) is 0 Å². The van der Waals surface area contributed by atoms with Crippen molar-refractivity contribution >= 4 is 21.9 Å². The number of aliphatic carboxylic acids is 1. The van der Waals surface area contributed by atoms with Gasteiger partial charge in [-0.2, -0.15) is 0 Å². The number of ether oxygens (including phenoxy) is 1. The predicted molar refractivity (Wildman–Crippen MR) is 58.0 cm³/mol. The summed E-state index contributed by atoms with van der Waals surface area (Å²) >= 11 is 3.27. The van der Waals surface area contributed by atoms with Gasteiger partial charge in [0.2, 0.25) is 0 Å². The van der Waals surface area contributed by atoms with Gasteiger partial charge in [-0.05, 0) is 46.1 Å². The van der Waals surface area contributed by atoms with Gasteiger partial charge in [-0.1, -0.05) is 0 Å². The minimum atomic E-state index is -1.52. The molecule has 0 radical (unpaired) electrons. The number of benzene rings is 1. The Morgan fingerprint density at radius 3 is 2.60 bits per heavy atom. The van der Waals surface area contributed by atoms with Crippen LogP contribution in [-0.2, 0) is 4.79 Å². The van der Waals surface area contributed by atoms with Crippen molar-refractivity contribution in [3.8, 4) is 5.75 Å². The molecule has 1 rings (SSSR count). The first-order valence-corrected chi connectivity index (χ1v) is 5.01. The lowest BCUT2D eigenvalue weighted by atomic mass is 10.0. The maximum atomic E-state index is 10.6. The van der Waals surface area contributed by atoms with E-state index in [1.165, 1.54) is 13.2 Å². The zero-order valence-corrected chi connectivity index (χ0v) is 9.91. The van der Waals surface area contributed by atoms with E-state index in [-0.39, 0.29) is 0 Å². The van der Waals surface area contributed by atoms with Crippen molar-refractivity contribution in [2.24, 2.45) is 0 Å². The summed E-state index contributed by atoms with van der Waals surface area (Å²) in [4.78, 5) is 10.6. The molecular formula is C10H11BrO4. The minimum Gasteiger partial charge on any atom is -0.496 e. The lowest BCUT2D eigenvalue weighted by molar-refractivity contribution is -0.147. The number of aliphatic hydroxyl groups is 1. The number of aryl methyl sites for hydroxylation is 1. The monoisotopic (exact) mass is 274 g/mol. The van der Waals surface area contributed by atoms with Crippen molar-refractivity contribution in [2.75, 3.05) is 7.11 Å². The van der Waals surface area contributed by atoms with Gasteiger partial charge < -0.3 is 14.9 Å². The molecule has 0 heterocycles. The van der Waals surface area contributed by atoms with Gasteiger partial charge in [0.15, 0.2) is 6.10 Å². The fourth-order valence-electron chi connectivity index (χ4n) is 1.25. The number of rotatable bonds is 3. The molecule has 0 saturated carbocycles. The summed E-state index contributed by atoms with van der Waals surface area (Å²) in [6.45, 7) is 1.73. The molecule has 0 aliphatic rings. The van der Waals surface area contributed by atoms with Crippen LogP contribution in [0.1, 0.15) is 17.2 Å². The van der Waals surface area contributed by atoms with E-state index in [9.17, 15) is 9.90 Å². The summed E-state index contributed by atoms with van der Waals surface area (Å²) in [6, 6.07) is 3.22. The maximum Gasteiger partial charge on any atom is 0.337 e. The molecule has 1 aromatic carbocycles. The van der Waals surface area contributed by atoms with E-state index in [1.807, 2.05) is 0 Å². The smallest absolute Gasteiger partial charge is 0.337 e. The van der Waals surface area contributed by atoms with E-state index in [0.717, 1.165) is 4.47 Å². The topological polar surface area (TPSA) is 66.8 Å². The van der Waals surface area contributed by atoms with Crippen molar-refractivity contribution in [1.82, 2.24) is 0 Å². The first-order valence-electron chi connectivity index (χ1n) is 4.22. The second-order valence-corrected chi connectivity index (χ2v) is 3.94. The number of hydrogen-bond acceptors (Lipinski definition) is 3. The van der Waals surface area contributed by atoms with E-state index in [0.29, 0.717) is 16.9 Å². The van der Waals surface area contributed by atoms with E-state index in [1.54, 1.807) is 13.0 Å². The highest BCUT2D eigenvalue weighted by atomic mass is 79.9. The van der Waals surface area contributed by atoms with Crippen LogP contribution >= 0.6 is 15.9 Å². The predicted octanol–water partition coefficient (Wildman–Crippen LogP) is 1.88. The maximum absolute atomic E-state index is 10.6. The van der Waals surface area contributed by atoms with Gasteiger partial charge in [0.1, 0.15) is 5.75 Å². The number of carbonyl (C=O) groups is 1. The normalized spacial score (nSPS) is 12.3. The van der Waals surface area contributed by atoms with Gasteiger partial charge in [0.05, 0.1) is 11.6 Å². The summed E-state index contributed by atoms with van der Waals surface area (Å²) < 4.78 is 5.75. The number of methoxy groups -OCH3 is 1. The van der Waals surface area contributed by atoms with Crippen LogP contribution < -0.4 is 4.74 Å². The molecule has 5 heteroatoms. The Morgan fingerprint density at radius 1 is 1.53 bits per heavy atom. The second-order valence-electron chi connectivity index (χ2n) is 3.08. The Kier molecular flexibility index (Phi) is 3.71. The van der Waals surface area contributed by atoms with Crippen molar-refractivity contribution in [2.45, 2.75) is 13.0 Å². The van der Waals surface area contributed by atoms with Crippen molar-refractivity contribution in [3.63, 3.8) is 0 Å². The highest BCUT2D eigenvalue weighted by molar-refractivity contribution is 9.10. The molecule has 1 atom stereocenters. The minimum absolute atomic E-state index is 0.336. The standard InChI is InChI=1S/C10H11BrO4/c1-5-3-7(11)8(15-2)4-6(5)9(12)10(13)14/h3-4,9,12H,1-2H3,(H,13,14). The number of hydrogen-bond donors (Lipinski definition) is 2. The SMILES string of the molecule is COc1cc(C(O)C(=O)O)c(C)cc1Br. The molecular weight excluding hydrogens is 264 g/mol. The Labute approximate surface area is 95.6 Å². The summed E-state index contributed by atoms with van der Waals surface area (Å²) in [6.07, 6.45) is -1.52. The van der Waals surface area contributed by atoms with E-state index >= 15 is 0 Å². The number of carboxylic acid groups (broad SMARTS) is 1. The van der Waals surface area contributed by atoms with E-state index in [4.69, 9.17) is 9.84 Å². The second kappa shape index (κ2) is 4.63. The first-order chi connectivity index (χ1) is 6.97. The first kappa shape index (κ1) is 12.0. The average molecular weight is 275 g/mol. The molecule has 2 N–H and O–H groups in total. The Bertz CT molecular complexity index is 389. The van der Waals surface area contributed by atoms with Crippen LogP contribution in [0.5, 0.6) is 5.75 Å². The lowest BCUT2D eigenvalue weighted by Crippen LogP contribution is -2.12. The third kappa shape index (κ3) is 2.49. The molecule has 0 spiro atoms. The molecule has 0 bridgehead atoms. The molecule has 82 valence electrons. The van der Waals surface area contributed by atoms with Gasteiger partial charge >= 0.3 is 5.97 Å². The quantitative estimate of drug-likeness (QED) is 0.883. The van der Waals surface area contributed by atoms with Crippen LogP contribution in [0.15, 0.2) is 16.6 Å². The fourth-order valence-corrected chi connectivity index (χ4v) is 1.87. The van der Waals surface area contributed by atoms with Crippen molar-refractivity contribution in [1.29, 1.82) is 0 Å². The van der Waals surface area contributed by atoms with Gasteiger partial charge in [0.25, 0.3) is 0 Å². The van der Waals surface area contributed by atoms with Gasteiger partial charge in [0, 0.05) is 0 Å². The summed E-state index contributed by atoms with van der Waals surface area (Å²) in [5.74, 6) is -0.779. The molecule has 1 aromatic rings. The summed E-state index contributed by atoms with van der Waals surface area (Å²) in [7, 11) is 1.48. The third-order valence-corrected chi connectivity index (χ3v) is 2.69. The Morgan fingerprint density at radius 2 is 2.13 bits per heavy atom. The molecule has 4 nitrogen and oxygen atoms in total. The van der Waals surface area contributed by atoms with Crippen LogP contribution in [0.25, 0.3) is 0 Å². The van der Waals surface area contributed by atoms with Crippen LogP contribution in [0, 0.1) is 6.92 Å². The highest BCUT2D eigenvalue weighted by Crippen LogP contribution is 2.31. The molecule has 0 aliphatic carbocycles. The van der Waals surface area contributed by atoms with Crippen LogP contribution in [0.2, 0.25) is 0 Å². The van der Waals surface area contributed by atoms with Crippen LogP contribution in [-0.4, -0.2) is 23.3 Å². The Balaban J connectivity index is 3.24. The van der Waals surface area contributed by atoms with Gasteiger partial charge in [-0.15, -0.1) is 0 Å². The lowest BCUT2D eigenvalue weighted by Gasteiger charge is -2.12. The summed E-state index contributed by atoms with van der Waals surface area (Å²) in [5, 5.41) is 18.1. The highest BCUT2D eigenvalue weighted by Gasteiger charge is 2.19. The molecule has 0 aromatic heterocycles. The molecule has 0 saturated heterocycles.